The summed E-state index contributed by atoms with van der Waals surface area (Å²) in [6.07, 6.45) is 0. The Balaban J connectivity index is 1.92. The van der Waals surface area contributed by atoms with Gasteiger partial charge in [0.1, 0.15) is 11.6 Å². The number of carbonyl (C=O) groups is 1. The van der Waals surface area contributed by atoms with Gasteiger partial charge in [0, 0.05) is 19.6 Å². The first kappa shape index (κ1) is 13.7. The molecule has 110 valence electrons. The van der Waals surface area contributed by atoms with Gasteiger partial charge in [-0.1, -0.05) is 17.3 Å². The van der Waals surface area contributed by atoms with Crippen molar-refractivity contribution < 1.29 is 4.79 Å². The number of rotatable bonds is 3. The smallest absolute Gasteiger partial charge is 0.278 e. The summed E-state index contributed by atoms with van der Waals surface area (Å²) in [5.41, 5.74) is 5.74. The van der Waals surface area contributed by atoms with Gasteiger partial charge < -0.3 is 11.1 Å². The number of primary amides is 1. The lowest BCUT2D eigenvalue weighted by atomic mass is 10.2. The molecule has 0 spiro atoms. The Labute approximate surface area is 120 Å². The fourth-order valence-corrected chi connectivity index (χ4v) is 2.48. The fourth-order valence-electron chi connectivity index (χ4n) is 2.48. The third kappa shape index (κ3) is 2.63. The number of amides is 1. The van der Waals surface area contributed by atoms with Crippen molar-refractivity contribution in [2.45, 2.75) is 12.7 Å². The molecule has 8 nitrogen and oxygen atoms in total. The maximum absolute atomic E-state index is 12.4. The van der Waals surface area contributed by atoms with Crippen LogP contribution >= 0.6 is 0 Å². The molecule has 1 aliphatic heterocycles. The summed E-state index contributed by atoms with van der Waals surface area (Å²) in [4.78, 5) is 25.7. The lowest BCUT2D eigenvalue weighted by Gasteiger charge is -2.33. The van der Waals surface area contributed by atoms with E-state index in [1.54, 1.807) is 24.3 Å². The van der Waals surface area contributed by atoms with E-state index < -0.39 is 11.9 Å². The average molecular weight is 288 g/mol. The molecular formula is C13H16N6O2. The van der Waals surface area contributed by atoms with Crippen LogP contribution < -0.4 is 16.6 Å². The summed E-state index contributed by atoms with van der Waals surface area (Å²) in [5.74, 6) is -0.413. The first-order valence-electron chi connectivity index (χ1n) is 6.73. The molecule has 1 aliphatic rings. The van der Waals surface area contributed by atoms with Crippen LogP contribution in [-0.4, -0.2) is 51.5 Å². The number of carbonyl (C=O) groups excluding carboxylic acids is 1. The summed E-state index contributed by atoms with van der Waals surface area (Å²) in [6, 6.07) is 6.60. The molecule has 0 radical (unpaired) electrons. The van der Waals surface area contributed by atoms with Crippen LogP contribution in [0.15, 0.2) is 29.1 Å². The van der Waals surface area contributed by atoms with Gasteiger partial charge in [-0.15, -0.1) is 5.10 Å². The molecule has 1 atom stereocenters. The molecule has 0 bridgehead atoms. The van der Waals surface area contributed by atoms with E-state index in [2.05, 4.69) is 15.6 Å². The molecular weight excluding hydrogens is 272 g/mol. The van der Waals surface area contributed by atoms with Crippen molar-refractivity contribution in [2.75, 3.05) is 19.6 Å². The van der Waals surface area contributed by atoms with E-state index in [0.717, 1.165) is 6.54 Å². The van der Waals surface area contributed by atoms with E-state index in [1.165, 1.54) is 4.68 Å². The first-order valence-corrected chi connectivity index (χ1v) is 6.73. The van der Waals surface area contributed by atoms with Crippen molar-refractivity contribution in [1.82, 2.24) is 25.2 Å². The fraction of sp³-hybridized carbons (Fsp3) is 0.385. The van der Waals surface area contributed by atoms with E-state index in [1.807, 2.05) is 4.90 Å². The molecule has 0 aliphatic carbocycles. The molecule has 3 N–H and O–H groups in total. The minimum Gasteiger partial charge on any atom is -0.368 e. The molecule has 2 aromatic rings. The summed E-state index contributed by atoms with van der Waals surface area (Å²) < 4.78 is 1.27. The Morgan fingerprint density at radius 2 is 2.24 bits per heavy atom. The van der Waals surface area contributed by atoms with Crippen molar-refractivity contribution in [3.05, 3.63) is 34.6 Å². The van der Waals surface area contributed by atoms with Crippen LogP contribution in [0.1, 0.15) is 0 Å². The third-order valence-corrected chi connectivity index (χ3v) is 3.63. The van der Waals surface area contributed by atoms with Crippen molar-refractivity contribution in [1.29, 1.82) is 0 Å². The van der Waals surface area contributed by atoms with Crippen LogP contribution in [-0.2, 0) is 11.5 Å². The van der Waals surface area contributed by atoms with Gasteiger partial charge in [-0.05, 0) is 12.1 Å². The summed E-state index contributed by atoms with van der Waals surface area (Å²) in [7, 11) is 0. The van der Waals surface area contributed by atoms with Gasteiger partial charge in [-0.3, -0.25) is 14.5 Å². The number of fused-ring (bicyclic) bond motifs is 1. The zero-order chi connectivity index (χ0) is 14.8. The molecule has 21 heavy (non-hydrogen) atoms. The monoisotopic (exact) mass is 288 g/mol. The second kappa shape index (κ2) is 5.58. The molecule has 3 rings (SSSR count). The Morgan fingerprint density at radius 3 is 3.05 bits per heavy atom. The summed E-state index contributed by atoms with van der Waals surface area (Å²) in [6.45, 7) is 2.03. The topological polar surface area (TPSA) is 106 Å². The SMILES string of the molecule is NC(=O)C1CNCCN1Cn1nnc2ccccc2c1=O. The summed E-state index contributed by atoms with van der Waals surface area (Å²) >= 11 is 0. The highest BCUT2D eigenvalue weighted by atomic mass is 16.1. The van der Waals surface area contributed by atoms with Crippen molar-refractivity contribution in [3.8, 4) is 0 Å². The van der Waals surface area contributed by atoms with Crippen molar-refractivity contribution in [3.63, 3.8) is 0 Å². The second-order valence-electron chi connectivity index (χ2n) is 4.99. The molecule has 1 aromatic carbocycles. The Bertz CT molecular complexity index is 728. The van der Waals surface area contributed by atoms with Crippen molar-refractivity contribution in [2.24, 2.45) is 5.73 Å². The minimum atomic E-state index is -0.445. The van der Waals surface area contributed by atoms with E-state index in [0.29, 0.717) is 24.0 Å². The zero-order valence-electron chi connectivity index (χ0n) is 11.4. The van der Waals surface area contributed by atoms with Gasteiger partial charge in [0.2, 0.25) is 5.91 Å². The average Bonchev–Trinajstić information content (AvgIpc) is 2.51. The van der Waals surface area contributed by atoms with Gasteiger partial charge in [0.15, 0.2) is 0 Å². The molecule has 1 fully saturated rings. The van der Waals surface area contributed by atoms with Crippen LogP contribution in [0.2, 0.25) is 0 Å². The largest absolute Gasteiger partial charge is 0.368 e. The maximum atomic E-state index is 12.4. The molecule has 8 heteroatoms. The number of hydrogen-bond donors (Lipinski definition) is 2. The van der Waals surface area contributed by atoms with E-state index in [-0.39, 0.29) is 12.2 Å². The molecule has 1 unspecified atom stereocenters. The second-order valence-corrected chi connectivity index (χ2v) is 4.99. The number of nitrogens with one attached hydrogen (secondary N) is 1. The molecule has 1 saturated heterocycles. The van der Waals surface area contributed by atoms with E-state index in [9.17, 15) is 9.59 Å². The molecule has 1 aromatic heterocycles. The maximum Gasteiger partial charge on any atom is 0.278 e. The zero-order valence-corrected chi connectivity index (χ0v) is 11.4. The highest BCUT2D eigenvalue weighted by Crippen LogP contribution is 2.06. The normalized spacial score (nSPS) is 19.7. The quantitative estimate of drug-likeness (QED) is 0.712. The molecule has 0 saturated carbocycles. The van der Waals surface area contributed by atoms with Gasteiger partial charge in [-0.25, -0.2) is 0 Å². The standard InChI is InChI=1S/C13H16N6O2/c14-12(20)11-7-15-5-6-18(11)8-19-13(21)9-3-1-2-4-10(9)16-17-19/h1-4,11,15H,5-8H2,(H2,14,20). The van der Waals surface area contributed by atoms with E-state index >= 15 is 0 Å². The number of nitrogens with zero attached hydrogens (tertiary/aromatic N) is 4. The lowest BCUT2D eigenvalue weighted by Crippen LogP contribution is -2.57. The number of aromatic nitrogens is 3. The van der Waals surface area contributed by atoms with Gasteiger partial charge >= 0.3 is 0 Å². The van der Waals surface area contributed by atoms with Crippen LogP contribution in [0.5, 0.6) is 0 Å². The van der Waals surface area contributed by atoms with Crippen LogP contribution in [0, 0.1) is 0 Å². The van der Waals surface area contributed by atoms with Crippen LogP contribution in [0.4, 0.5) is 0 Å². The Morgan fingerprint density at radius 1 is 1.43 bits per heavy atom. The number of nitrogens with two attached hydrogens (primary N) is 1. The Hall–Kier alpha value is -2.32. The van der Waals surface area contributed by atoms with Gasteiger partial charge in [-0.2, -0.15) is 4.68 Å². The predicted octanol–water partition coefficient (Wildman–Crippen LogP) is -1.49. The Kier molecular flexibility index (Phi) is 3.63. The van der Waals surface area contributed by atoms with Crippen molar-refractivity contribution >= 4 is 16.8 Å². The highest BCUT2D eigenvalue weighted by molar-refractivity contribution is 5.80. The van der Waals surface area contributed by atoms with Crippen LogP contribution in [0.25, 0.3) is 10.9 Å². The van der Waals surface area contributed by atoms with Crippen LogP contribution in [0.3, 0.4) is 0 Å². The number of piperazine rings is 1. The number of hydrogen-bond acceptors (Lipinski definition) is 6. The highest BCUT2D eigenvalue weighted by Gasteiger charge is 2.27. The predicted molar refractivity (Wildman–Crippen MR) is 76.4 cm³/mol. The van der Waals surface area contributed by atoms with E-state index in [4.69, 9.17) is 5.73 Å². The lowest BCUT2D eigenvalue weighted by molar-refractivity contribution is -0.124. The number of benzene rings is 1. The minimum absolute atomic E-state index is 0.200. The summed E-state index contributed by atoms with van der Waals surface area (Å²) in [5, 5.41) is 11.6. The molecule has 1 amide bonds. The van der Waals surface area contributed by atoms with Gasteiger partial charge in [0.05, 0.1) is 12.1 Å². The first-order chi connectivity index (χ1) is 10.2. The third-order valence-electron chi connectivity index (χ3n) is 3.63. The molecule has 2 heterocycles. The van der Waals surface area contributed by atoms with Gasteiger partial charge in [0.25, 0.3) is 5.56 Å².